The van der Waals surface area contributed by atoms with Crippen LogP contribution in [0, 0.1) is 11.6 Å². The van der Waals surface area contributed by atoms with Gasteiger partial charge in [0.05, 0.1) is 17.8 Å². The van der Waals surface area contributed by atoms with E-state index in [1.165, 1.54) is 39.6 Å². The highest BCUT2D eigenvalue weighted by Gasteiger charge is 2.17. The molecule has 0 spiro atoms. The zero-order chi connectivity index (χ0) is 20.5. The number of fused-ring (bicyclic) bond motifs is 1. The van der Waals surface area contributed by atoms with Crippen molar-refractivity contribution >= 4 is 38.8 Å². The van der Waals surface area contributed by atoms with Crippen molar-refractivity contribution < 1.29 is 13.6 Å². The zero-order valence-electron chi connectivity index (χ0n) is 15.2. The van der Waals surface area contributed by atoms with E-state index in [0.717, 1.165) is 22.6 Å². The Morgan fingerprint density at radius 3 is 2.83 bits per heavy atom. The van der Waals surface area contributed by atoms with E-state index in [1.54, 1.807) is 6.92 Å². The molecule has 0 aliphatic rings. The number of carbonyl (C=O) groups is 1. The van der Waals surface area contributed by atoms with E-state index in [1.807, 2.05) is 22.9 Å². The Balaban J connectivity index is 1.57. The van der Waals surface area contributed by atoms with Crippen molar-refractivity contribution in [3.8, 4) is 10.4 Å². The molecule has 4 aromatic rings. The molecular weight excluding hydrogens is 416 g/mol. The van der Waals surface area contributed by atoms with E-state index in [0.29, 0.717) is 10.2 Å². The highest BCUT2D eigenvalue weighted by molar-refractivity contribution is 7.18. The number of amides is 1. The average molecular weight is 431 g/mol. The van der Waals surface area contributed by atoms with Crippen LogP contribution in [0.15, 0.2) is 52.2 Å². The van der Waals surface area contributed by atoms with Gasteiger partial charge >= 0.3 is 0 Å². The fourth-order valence-electron chi connectivity index (χ4n) is 3.07. The number of halogens is 2. The summed E-state index contributed by atoms with van der Waals surface area (Å²) in [6.45, 7) is 1.33. The van der Waals surface area contributed by atoms with E-state index < -0.39 is 23.6 Å². The number of thiophene rings is 2. The molecule has 3 heterocycles. The monoisotopic (exact) mass is 431 g/mol. The minimum atomic E-state index is -0.739. The Morgan fingerprint density at radius 2 is 2.10 bits per heavy atom. The van der Waals surface area contributed by atoms with Crippen LogP contribution in [0.25, 0.3) is 20.7 Å². The molecule has 1 atom stereocenters. The lowest BCUT2D eigenvalue weighted by atomic mass is 10.1. The zero-order valence-corrected chi connectivity index (χ0v) is 16.8. The Hall–Kier alpha value is -2.91. The molecule has 0 saturated carbocycles. The van der Waals surface area contributed by atoms with Crippen LogP contribution in [0.1, 0.15) is 18.5 Å². The Kier molecular flexibility index (Phi) is 5.25. The third kappa shape index (κ3) is 3.83. The van der Waals surface area contributed by atoms with Crippen molar-refractivity contribution in [1.29, 1.82) is 0 Å². The van der Waals surface area contributed by atoms with E-state index in [4.69, 9.17) is 0 Å². The molecule has 0 aliphatic heterocycles. The number of benzene rings is 1. The fraction of sp³-hybridized carbons (Fsp3) is 0.150. The second-order valence-electron chi connectivity index (χ2n) is 6.44. The Labute approximate surface area is 172 Å². The third-order valence-electron chi connectivity index (χ3n) is 4.47. The van der Waals surface area contributed by atoms with Crippen molar-refractivity contribution in [2.24, 2.45) is 0 Å². The van der Waals surface area contributed by atoms with E-state index in [-0.39, 0.29) is 17.7 Å². The summed E-state index contributed by atoms with van der Waals surface area (Å²) in [6, 6.07) is 6.33. The summed E-state index contributed by atoms with van der Waals surface area (Å²) in [4.78, 5) is 31.2. The van der Waals surface area contributed by atoms with Crippen molar-refractivity contribution in [3.63, 3.8) is 0 Å². The van der Waals surface area contributed by atoms with Gasteiger partial charge in [-0.1, -0.05) is 12.1 Å². The maximum Gasteiger partial charge on any atom is 0.263 e. The molecule has 3 aromatic heterocycles. The van der Waals surface area contributed by atoms with Gasteiger partial charge in [-0.05, 0) is 24.4 Å². The smallest absolute Gasteiger partial charge is 0.263 e. The van der Waals surface area contributed by atoms with Crippen molar-refractivity contribution in [3.05, 3.63) is 75.0 Å². The summed E-state index contributed by atoms with van der Waals surface area (Å²) >= 11 is 2.90. The fourth-order valence-corrected chi connectivity index (χ4v) is 4.79. The van der Waals surface area contributed by atoms with Gasteiger partial charge < -0.3 is 5.32 Å². The molecule has 1 N–H and O–H groups in total. The van der Waals surface area contributed by atoms with Crippen LogP contribution in [0.2, 0.25) is 0 Å². The first-order chi connectivity index (χ1) is 13.9. The Morgan fingerprint density at radius 1 is 1.28 bits per heavy atom. The van der Waals surface area contributed by atoms with Gasteiger partial charge in [0.1, 0.15) is 23.0 Å². The molecule has 0 aliphatic carbocycles. The quantitative estimate of drug-likeness (QED) is 0.511. The predicted molar refractivity (Wildman–Crippen MR) is 110 cm³/mol. The largest absolute Gasteiger partial charge is 0.348 e. The molecule has 1 amide bonds. The van der Waals surface area contributed by atoms with Gasteiger partial charge in [-0.2, -0.15) is 0 Å². The van der Waals surface area contributed by atoms with Crippen LogP contribution in [0.3, 0.4) is 0 Å². The van der Waals surface area contributed by atoms with E-state index in [9.17, 15) is 18.4 Å². The second-order valence-corrected chi connectivity index (χ2v) is 8.25. The summed E-state index contributed by atoms with van der Waals surface area (Å²) in [5, 5.41) is 6.92. The van der Waals surface area contributed by atoms with Crippen molar-refractivity contribution in [2.75, 3.05) is 0 Å². The van der Waals surface area contributed by atoms with Gasteiger partial charge in [-0.3, -0.25) is 14.2 Å². The van der Waals surface area contributed by atoms with Gasteiger partial charge in [-0.25, -0.2) is 13.8 Å². The summed E-state index contributed by atoms with van der Waals surface area (Å²) in [7, 11) is 0. The Bertz CT molecular complexity index is 1250. The highest BCUT2D eigenvalue weighted by atomic mass is 32.1. The SMILES string of the molecule is C[C@H](NC(=O)Cn1cnc2scc(-c3cccs3)c2c1=O)c1ccc(F)cc1F. The average Bonchev–Trinajstić information content (AvgIpc) is 3.33. The number of nitrogens with one attached hydrogen (secondary N) is 1. The van der Waals surface area contributed by atoms with Crippen LogP contribution >= 0.6 is 22.7 Å². The molecule has 0 bridgehead atoms. The molecule has 0 unspecified atom stereocenters. The minimum Gasteiger partial charge on any atom is -0.348 e. The number of aromatic nitrogens is 2. The molecule has 1 aromatic carbocycles. The number of hydrogen-bond acceptors (Lipinski definition) is 5. The number of nitrogens with zero attached hydrogens (tertiary/aromatic N) is 2. The number of carbonyl (C=O) groups excluding carboxylic acids is 1. The first-order valence-electron chi connectivity index (χ1n) is 8.69. The van der Waals surface area contributed by atoms with Gasteiger partial charge in [-0.15, -0.1) is 22.7 Å². The van der Waals surface area contributed by atoms with Crippen LogP contribution in [-0.2, 0) is 11.3 Å². The maximum absolute atomic E-state index is 13.9. The van der Waals surface area contributed by atoms with Crippen LogP contribution in [-0.4, -0.2) is 15.5 Å². The first-order valence-corrected chi connectivity index (χ1v) is 10.4. The third-order valence-corrected chi connectivity index (χ3v) is 6.26. The number of hydrogen-bond donors (Lipinski definition) is 1. The lowest BCUT2D eigenvalue weighted by molar-refractivity contribution is -0.122. The van der Waals surface area contributed by atoms with Crippen molar-refractivity contribution in [1.82, 2.24) is 14.9 Å². The van der Waals surface area contributed by atoms with Gasteiger partial charge in [0.2, 0.25) is 5.91 Å². The van der Waals surface area contributed by atoms with Crippen LogP contribution in [0.5, 0.6) is 0 Å². The standard InChI is InChI=1S/C20H15F2N3O2S2/c1-11(13-5-4-12(21)7-15(13)22)24-17(26)8-25-10-23-19-18(20(25)27)14(9-29-19)16-3-2-6-28-16/h2-7,9-11H,8H2,1H3,(H,24,26)/t11-/m0/s1. The molecule has 148 valence electrons. The molecule has 29 heavy (non-hydrogen) atoms. The topological polar surface area (TPSA) is 64.0 Å². The molecule has 0 radical (unpaired) electrons. The lowest BCUT2D eigenvalue weighted by Gasteiger charge is -2.15. The van der Waals surface area contributed by atoms with Gasteiger partial charge in [0, 0.05) is 27.5 Å². The molecule has 4 rings (SSSR count). The molecule has 0 saturated heterocycles. The molecular formula is C20H15F2N3O2S2. The summed E-state index contributed by atoms with van der Waals surface area (Å²) in [5.74, 6) is -1.90. The van der Waals surface area contributed by atoms with Gasteiger partial charge in [0.15, 0.2) is 0 Å². The van der Waals surface area contributed by atoms with E-state index >= 15 is 0 Å². The second kappa shape index (κ2) is 7.84. The van der Waals surface area contributed by atoms with Crippen LogP contribution < -0.4 is 10.9 Å². The molecule has 9 heteroatoms. The summed E-state index contributed by atoms with van der Waals surface area (Å²) < 4.78 is 28.2. The predicted octanol–water partition coefficient (Wildman–Crippen LogP) is 4.34. The highest BCUT2D eigenvalue weighted by Crippen LogP contribution is 2.33. The normalized spacial score (nSPS) is 12.2. The lowest BCUT2D eigenvalue weighted by Crippen LogP contribution is -2.34. The van der Waals surface area contributed by atoms with E-state index in [2.05, 4.69) is 10.3 Å². The molecule has 5 nitrogen and oxygen atoms in total. The molecule has 0 fully saturated rings. The van der Waals surface area contributed by atoms with Crippen molar-refractivity contribution in [2.45, 2.75) is 19.5 Å². The first kappa shape index (κ1) is 19.4. The minimum absolute atomic E-state index is 0.165. The summed E-state index contributed by atoms with van der Waals surface area (Å²) in [6.07, 6.45) is 1.34. The maximum atomic E-state index is 13.9. The van der Waals surface area contributed by atoms with Crippen LogP contribution in [0.4, 0.5) is 8.78 Å². The number of rotatable bonds is 5. The van der Waals surface area contributed by atoms with Gasteiger partial charge in [0.25, 0.3) is 5.56 Å². The summed E-state index contributed by atoms with van der Waals surface area (Å²) in [5.41, 5.74) is 0.655.